The first-order valence-electron chi connectivity index (χ1n) is 6.59. The number of aromatic amines is 1. The van der Waals surface area contributed by atoms with Crippen molar-refractivity contribution in [3.63, 3.8) is 0 Å². The average Bonchev–Trinajstić information content (AvgIpc) is 2.81. The minimum Gasteiger partial charge on any atom is -0.361 e. The molecule has 3 heteroatoms. The molecule has 1 unspecified atom stereocenters. The molecule has 2 aromatic rings. The van der Waals surface area contributed by atoms with Gasteiger partial charge >= 0.3 is 0 Å². The number of rotatable bonds is 6. The van der Waals surface area contributed by atoms with Crippen LogP contribution >= 0.6 is 0 Å². The van der Waals surface area contributed by atoms with Gasteiger partial charge in [-0.25, -0.2) is 0 Å². The van der Waals surface area contributed by atoms with Gasteiger partial charge in [-0.2, -0.15) is 0 Å². The van der Waals surface area contributed by atoms with Gasteiger partial charge in [0.15, 0.2) is 0 Å². The SMILES string of the molecule is CC(CCN(C)C)NCc1ccc2[nH]ccc2c1. The predicted octanol–water partition coefficient (Wildman–Crippen LogP) is 2.60. The third kappa shape index (κ3) is 3.59. The van der Waals surface area contributed by atoms with Gasteiger partial charge in [0.1, 0.15) is 0 Å². The molecule has 0 bridgehead atoms. The molecule has 0 saturated carbocycles. The summed E-state index contributed by atoms with van der Waals surface area (Å²) in [5, 5.41) is 4.86. The normalized spacial score (nSPS) is 13.3. The summed E-state index contributed by atoms with van der Waals surface area (Å²) in [7, 11) is 4.24. The fourth-order valence-electron chi connectivity index (χ4n) is 2.06. The van der Waals surface area contributed by atoms with Crippen molar-refractivity contribution in [2.45, 2.75) is 25.9 Å². The molecule has 0 radical (unpaired) electrons. The predicted molar refractivity (Wildman–Crippen MR) is 77.8 cm³/mol. The third-order valence-corrected chi connectivity index (χ3v) is 3.28. The molecule has 0 aliphatic rings. The van der Waals surface area contributed by atoms with E-state index in [-0.39, 0.29) is 0 Å². The largest absolute Gasteiger partial charge is 0.361 e. The maximum atomic E-state index is 3.57. The molecule has 2 N–H and O–H groups in total. The van der Waals surface area contributed by atoms with Gasteiger partial charge < -0.3 is 15.2 Å². The fourth-order valence-corrected chi connectivity index (χ4v) is 2.06. The van der Waals surface area contributed by atoms with Crippen LogP contribution in [0.1, 0.15) is 18.9 Å². The van der Waals surface area contributed by atoms with Crippen LogP contribution in [0.25, 0.3) is 10.9 Å². The van der Waals surface area contributed by atoms with Crippen LogP contribution in [0.3, 0.4) is 0 Å². The Bertz CT molecular complexity index is 487. The number of H-pyrrole nitrogens is 1. The molecule has 1 aromatic heterocycles. The lowest BCUT2D eigenvalue weighted by molar-refractivity contribution is 0.365. The highest BCUT2D eigenvalue weighted by molar-refractivity contribution is 5.79. The Labute approximate surface area is 109 Å². The smallest absolute Gasteiger partial charge is 0.0454 e. The summed E-state index contributed by atoms with van der Waals surface area (Å²) < 4.78 is 0. The van der Waals surface area contributed by atoms with Gasteiger partial charge in [-0.05, 0) is 63.1 Å². The Balaban J connectivity index is 1.85. The Morgan fingerprint density at radius 2 is 2.11 bits per heavy atom. The molecular formula is C15H23N3. The quantitative estimate of drug-likeness (QED) is 0.819. The molecule has 18 heavy (non-hydrogen) atoms. The molecular weight excluding hydrogens is 222 g/mol. The van der Waals surface area contributed by atoms with Crippen molar-refractivity contribution < 1.29 is 0 Å². The van der Waals surface area contributed by atoms with Gasteiger partial charge in [0, 0.05) is 24.3 Å². The second kappa shape index (κ2) is 6.03. The molecule has 0 aliphatic carbocycles. The van der Waals surface area contributed by atoms with E-state index in [1.54, 1.807) is 0 Å². The van der Waals surface area contributed by atoms with Gasteiger partial charge in [-0.15, -0.1) is 0 Å². The van der Waals surface area contributed by atoms with Crippen molar-refractivity contribution in [1.29, 1.82) is 0 Å². The zero-order valence-electron chi connectivity index (χ0n) is 11.5. The first-order valence-corrected chi connectivity index (χ1v) is 6.59. The van der Waals surface area contributed by atoms with E-state index >= 15 is 0 Å². The minimum atomic E-state index is 0.550. The van der Waals surface area contributed by atoms with Crippen LogP contribution < -0.4 is 5.32 Å². The van der Waals surface area contributed by atoms with Crippen molar-refractivity contribution in [2.24, 2.45) is 0 Å². The highest BCUT2D eigenvalue weighted by Crippen LogP contribution is 2.14. The third-order valence-electron chi connectivity index (χ3n) is 3.28. The van der Waals surface area contributed by atoms with E-state index in [4.69, 9.17) is 0 Å². The van der Waals surface area contributed by atoms with Gasteiger partial charge in [0.05, 0.1) is 0 Å². The summed E-state index contributed by atoms with van der Waals surface area (Å²) in [4.78, 5) is 5.44. The maximum Gasteiger partial charge on any atom is 0.0454 e. The molecule has 0 spiro atoms. The summed E-state index contributed by atoms with van der Waals surface area (Å²) in [6.45, 7) is 4.32. The monoisotopic (exact) mass is 245 g/mol. The maximum absolute atomic E-state index is 3.57. The van der Waals surface area contributed by atoms with Crippen LogP contribution in [0, 0.1) is 0 Å². The Morgan fingerprint density at radius 3 is 2.89 bits per heavy atom. The number of hydrogen-bond donors (Lipinski definition) is 2. The van der Waals surface area contributed by atoms with Crippen molar-refractivity contribution >= 4 is 10.9 Å². The lowest BCUT2D eigenvalue weighted by atomic mass is 10.1. The Kier molecular flexibility index (Phi) is 4.39. The summed E-state index contributed by atoms with van der Waals surface area (Å²) in [5.41, 5.74) is 2.55. The fraction of sp³-hybridized carbons (Fsp3) is 0.467. The van der Waals surface area contributed by atoms with Crippen molar-refractivity contribution in [3.8, 4) is 0 Å². The van der Waals surface area contributed by atoms with E-state index < -0.39 is 0 Å². The molecule has 1 heterocycles. The van der Waals surface area contributed by atoms with E-state index in [2.05, 4.69) is 60.5 Å². The second-order valence-corrected chi connectivity index (χ2v) is 5.27. The van der Waals surface area contributed by atoms with Crippen LogP contribution in [0.5, 0.6) is 0 Å². The molecule has 0 saturated heterocycles. The number of hydrogen-bond acceptors (Lipinski definition) is 2. The number of nitrogens with zero attached hydrogens (tertiary/aromatic N) is 1. The van der Waals surface area contributed by atoms with Crippen LogP contribution in [0.15, 0.2) is 30.5 Å². The highest BCUT2D eigenvalue weighted by Gasteiger charge is 2.03. The molecule has 0 fully saturated rings. The summed E-state index contributed by atoms with van der Waals surface area (Å²) in [6, 6.07) is 9.25. The van der Waals surface area contributed by atoms with Crippen molar-refractivity contribution in [1.82, 2.24) is 15.2 Å². The van der Waals surface area contributed by atoms with Crippen LogP contribution in [0.4, 0.5) is 0 Å². The Morgan fingerprint density at radius 1 is 1.28 bits per heavy atom. The van der Waals surface area contributed by atoms with Crippen molar-refractivity contribution in [2.75, 3.05) is 20.6 Å². The molecule has 1 atom stereocenters. The molecule has 3 nitrogen and oxygen atoms in total. The van der Waals surface area contributed by atoms with E-state index in [9.17, 15) is 0 Å². The van der Waals surface area contributed by atoms with E-state index in [1.807, 2.05) is 6.20 Å². The molecule has 0 amide bonds. The molecule has 98 valence electrons. The standard InChI is InChI=1S/C15H23N3/c1-12(7-9-18(2)3)17-11-13-4-5-15-14(10-13)6-8-16-15/h4-6,8,10,12,16-17H,7,9,11H2,1-3H3. The summed E-state index contributed by atoms with van der Waals surface area (Å²) >= 11 is 0. The summed E-state index contributed by atoms with van der Waals surface area (Å²) in [5.74, 6) is 0. The van der Waals surface area contributed by atoms with Gasteiger partial charge in [-0.3, -0.25) is 0 Å². The first kappa shape index (κ1) is 13.1. The van der Waals surface area contributed by atoms with Gasteiger partial charge in [0.25, 0.3) is 0 Å². The van der Waals surface area contributed by atoms with E-state index in [1.165, 1.54) is 22.9 Å². The number of nitrogens with one attached hydrogen (secondary N) is 2. The topological polar surface area (TPSA) is 31.1 Å². The Hall–Kier alpha value is -1.32. The van der Waals surface area contributed by atoms with E-state index in [0.29, 0.717) is 6.04 Å². The molecule has 1 aromatic carbocycles. The zero-order chi connectivity index (χ0) is 13.0. The lowest BCUT2D eigenvalue weighted by Gasteiger charge is -2.16. The van der Waals surface area contributed by atoms with Crippen LogP contribution in [0.2, 0.25) is 0 Å². The second-order valence-electron chi connectivity index (χ2n) is 5.27. The highest BCUT2D eigenvalue weighted by atomic mass is 15.1. The molecule has 0 aliphatic heterocycles. The number of aromatic nitrogens is 1. The van der Waals surface area contributed by atoms with Crippen LogP contribution in [-0.4, -0.2) is 36.6 Å². The van der Waals surface area contributed by atoms with E-state index in [0.717, 1.165) is 13.1 Å². The minimum absolute atomic E-state index is 0.550. The first-order chi connectivity index (χ1) is 8.65. The number of fused-ring (bicyclic) bond motifs is 1. The van der Waals surface area contributed by atoms with Crippen molar-refractivity contribution in [3.05, 3.63) is 36.0 Å². The number of benzene rings is 1. The van der Waals surface area contributed by atoms with Gasteiger partial charge in [0.2, 0.25) is 0 Å². The van der Waals surface area contributed by atoms with Crippen LogP contribution in [-0.2, 0) is 6.54 Å². The average molecular weight is 245 g/mol. The molecule has 2 rings (SSSR count). The van der Waals surface area contributed by atoms with Gasteiger partial charge in [-0.1, -0.05) is 6.07 Å². The summed E-state index contributed by atoms with van der Waals surface area (Å²) in [6.07, 6.45) is 3.17. The zero-order valence-corrected chi connectivity index (χ0v) is 11.5. The lowest BCUT2D eigenvalue weighted by Crippen LogP contribution is -2.29.